The minimum Gasteiger partial charge on any atom is -0.489 e. The Morgan fingerprint density at radius 1 is 0.889 bits per heavy atom. The number of aromatic amines is 1. The normalized spacial score (nSPS) is 20.8. The number of carbonyl (C=O) groups excluding carboxylic acids is 2. The highest BCUT2D eigenvalue weighted by atomic mass is 35.5. The lowest BCUT2D eigenvalue weighted by atomic mass is 9.82. The number of amides is 2. The minimum atomic E-state index is -0.682. The van der Waals surface area contributed by atoms with Crippen LogP contribution >= 0.6 is 34.7 Å². The summed E-state index contributed by atoms with van der Waals surface area (Å²) in [6, 6.07) is 24.0. The van der Waals surface area contributed by atoms with Crippen LogP contribution < -0.4 is 14.5 Å². The molecule has 180 valence electrons. The van der Waals surface area contributed by atoms with Gasteiger partial charge in [-0.25, -0.2) is 4.90 Å². The van der Waals surface area contributed by atoms with E-state index >= 15 is 0 Å². The second kappa shape index (κ2) is 9.28. The second-order valence-corrected chi connectivity index (χ2v) is 11.2. The third-order valence-electron chi connectivity index (χ3n) is 6.40. The molecule has 3 heterocycles. The molecule has 3 atom stereocenters. The van der Waals surface area contributed by atoms with E-state index in [4.69, 9.17) is 16.3 Å². The van der Waals surface area contributed by atoms with E-state index in [0.29, 0.717) is 28.1 Å². The number of halogens is 1. The van der Waals surface area contributed by atoms with Crippen LogP contribution in [-0.4, -0.2) is 22.0 Å². The number of ether oxygens (including phenoxy) is 1. The monoisotopic (exact) mass is 534 g/mol. The van der Waals surface area contributed by atoms with Crippen molar-refractivity contribution >= 4 is 52.2 Å². The summed E-state index contributed by atoms with van der Waals surface area (Å²) in [7, 11) is 0. The predicted octanol–water partition coefficient (Wildman–Crippen LogP) is 5.46. The van der Waals surface area contributed by atoms with E-state index < -0.39 is 17.1 Å². The molecule has 6 rings (SSSR count). The van der Waals surface area contributed by atoms with Gasteiger partial charge >= 0.3 is 4.87 Å². The molecule has 1 fully saturated rings. The highest BCUT2D eigenvalue weighted by molar-refractivity contribution is 8.00. The molecule has 1 saturated heterocycles. The van der Waals surface area contributed by atoms with E-state index in [9.17, 15) is 14.4 Å². The number of nitrogens with zero attached hydrogens (tertiary/aromatic N) is 1. The number of H-pyrrole nitrogens is 1. The summed E-state index contributed by atoms with van der Waals surface area (Å²) < 4.78 is 6.22. The molecule has 6 nitrogen and oxygen atoms in total. The lowest BCUT2D eigenvalue weighted by molar-refractivity contribution is -0.122. The lowest BCUT2D eigenvalue weighted by Gasteiger charge is -2.30. The fourth-order valence-electron chi connectivity index (χ4n) is 4.80. The number of thioether (sulfide) groups is 1. The summed E-state index contributed by atoms with van der Waals surface area (Å²) in [6.45, 7) is 0.355. The van der Waals surface area contributed by atoms with Crippen LogP contribution in [0.5, 0.6) is 5.75 Å². The van der Waals surface area contributed by atoms with Crippen molar-refractivity contribution in [2.75, 3.05) is 4.90 Å². The molecule has 0 radical (unpaired) electrons. The SMILES string of the molecule is O=C1[C@H]2[C@H](c3ccccc3OCc3ccccc3)c3sc(=O)[nH]c3S[C@H]2C(=O)N1c1ccc(Cl)cc1. The van der Waals surface area contributed by atoms with Crippen molar-refractivity contribution in [1.29, 1.82) is 0 Å². The number of rotatable bonds is 5. The van der Waals surface area contributed by atoms with Gasteiger partial charge in [-0.1, -0.05) is 83.2 Å². The van der Waals surface area contributed by atoms with Crippen molar-refractivity contribution in [3.8, 4) is 5.75 Å². The molecule has 0 spiro atoms. The first kappa shape index (κ1) is 23.1. The summed E-state index contributed by atoms with van der Waals surface area (Å²) in [4.78, 5) is 44.4. The van der Waals surface area contributed by atoms with Gasteiger partial charge in [0.25, 0.3) is 0 Å². The number of fused-ring (bicyclic) bond motifs is 2. The van der Waals surface area contributed by atoms with Gasteiger partial charge in [-0.15, -0.1) is 0 Å². The number of thiazole rings is 1. The number of carbonyl (C=O) groups is 2. The highest BCUT2D eigenvalue weighted by Gasteiger charge is 2.56. The Kier molecular flexibility index (Phi) is 5.95. The van der Waals surface area contributed by atoms with Gasteiger partial charge in [0.1, 0.15) is 17.6 Å². The molecule has 2 amide bonds. The third kappa shape index (κ3) is 3.95. The molecule has 4 aromatic rings. The van der Waals surface area contributed by atoms with Crippen LogP contribution in [0.15, 0.2) is 88.7 Å². The topological polar surface area (TPSA) is 79.5 Å². The fourth-order valence-corrected chi connectivity index (χ4v) is 7.43. The van der Waals surface area contributed by atoms with E-state index in [1.54, 1.807) is 24.3 Å². The average Bonchev–Trinajstić information content (AvgIpc) is 3.38. The zero-order valence-electron chi connectivity index (χ0n) is 18.7. The van der Waals surface area contributed by atoms with E-state index in [0.717, 1.165) is 27.3 Å². The first-order chi connectivity index (χ1) is 17.5. The number of para-hydroxylation sites is 1. The second-order valence-electron chi connectivity index (χ2n) is 8.55. The van der Waals surface area contributed by atoms with Gasteiger partial charge in [0, 0.05) is 21.4 Å². The largest absolute Gasteiger partial charge is 0.489 e. The lowest BCUT2D eigenvalue weighted by Crippen LogP contribution is -2.32. The summed E-state index contributed by atoms with van der Waals surface area (Å²) in [5, 5.41) is 0.484. The van der Waals surface area contributed by atoms with Crippen molar-refractivity contribution in [2.24, 2.45) is 5.92 Å². The molecule has 36 heavy (non-hydrogen) atoms. The van der Waals surface area contributed by atoms with Crippen LogP contribution in [0.4, 0.5) is 5.69 Å². The van der Waals surface area contributed by atoms with Crippen molar-refractivity contribution in [3.05, 3.63) is 110 Å². The Bertz CT molecular complexity index is 1520. The van der Waals surface area contributed by atoms with Gasteiger partial charge < -0.3 is 9.72 Å². The number of hydrogen-bond donors (Lipinski definition) is 1. The van der Waals surface area contributed by atoms with E-state index in [2.05, 4.69) is 4.98 Å². The summed E-state index contributed by atoms with van der Waals surface area (Å²) >= 11 is 8.36. The summed E-state index contributed by atoms with van der Waals surface area (Å²) in [5.41, 5.74) is 2.27. The Balaban J connectivity index is 1.43. The standard InChI is InChI=1S/C27H19ClN2O4S2/c28-16-10-12-17(13-11-16)30-25(31)21-20(22-24(29-27(33)36-22)35-23(21)26(30)32)18-8-4-5-9-19(18)34-14-15-6-2-1-3-7-15/h1-13,20-21,23H,14H2,(H,29,33)/t20-,21-,23+/m0/s1. The highest BCUT2D eigenvalue weighted by Crippen LogP contribution is 2.54. The Morgan fingerprint density at radius 3 is 2.39 bits per heavy atom. The zero-order valence-corrected chi connectivity index (χ0v) is 21.1. The van der Waals surface area contributed by atoms with Crippen LogP contribution in [0.25, 0.3) is 0 Å². The van der Waals surface area contributed by atoms with Crippen molar-refractivity contribution in [3.63, 3.8) is 0 Å². The molecule has 9 heteroatoms. The molecule has 0 aliphatic carbocycles. The van der Waals surface area contributed by atoms with Gasteiger partial charge in [0.2, 0.25) is 11.8 Å². The van der Waals surface area contributed by atoms with Gasteiger partial charge in [-0.05, 0) is 35.9 Å². The molecule has 2 aliphatic heterocycles. The Labute approximate surface area is 219 Å². The smallest absolute Gasteiger partial charge is 0.305 e. The zero-order chi connectivity index (χ0) is 24.8. The van der Waals surface area contributed by atoms with Crippen LogP contribution in [0.2, 0.25) is 5.02 Å². The maximum absolute atomic E-state index is 13.9. The molecule has 1 aromatic heterocycles. The van der Waals surface area contributed by atoms with Crippen LogP contribution in [-0.2, 0) is 16.2 Å². The molecular weight excluding hydrogens is 516 g/mol. The molecule has 2 aliphatic rings. The molecule has 0 saturated carbocycles. The summed E-state index contributed by atoms with van der Waals surface area (Å²) in [6.07, 6.45) is 0. The van der Waals surface area contributed by atoms with Crippen LogP contribution in [0.1, 0.15) is 21.9 Å². The minimum absolute atomic E-state index is 0.213. The number of benzene rings is 3. The number of anilines is 1. The number of aromatic nitrogens is 1. The van der Waals surface area contributed by atoms with Gasteiger partial charge in [0.15, 0.2) is 0 Å². The molecular formula is C27H19ClN2O4S2. The average molecular weight is 535 g/mol. The molecule has 0 bridgehead atoms. The summed E-state index contributed by atoms with van der Waals surface area (Å²) in [5.74, 6) is -1.17. The fraction of sp³-hybridized carbons (Fsp3) is 0.148. The van der Waals surface area contributed by atoms with Gasteiger partial charge in [0.05, 0.1) is 16.6 Å². The van der Waals surface area contributed by atoms with Gasteiger partial charge in [-0.3, -0.25) is 14.4 Å². The van der Waals surface area contributed by atoms with Gasteiger partial charge in [-0.2, -0.15) is 0 Å². The van der Waals surface area contributed by atoms with E-state index in [1.165, 1.54) is 16.7 Å². The van der Waals surface area contributed by atoms with Crippen molar-refractivity contribution < 1.29 is 14.3 Å². The third-order valence-corrected chi connectivity index (χ3v) is 9.05. The number of imide groups is 1. The Morgan fingerprint density at radius 2 is 1.61 bits per heavy atom. The van der Waals surface area contributed by atoms with E-state index in [1.807, 2.05) is 54.6 Å². The van der Waals surface area contributed by atoms with Crippen molar-refractivity contribution in [2.45, 2.75) is 22.8 Å². The Hall–Kier alpha value is -3.33. The van der Waals surface area contributed by atoms with Crippen LogP contribution in [0.3, 0.4) is 0 Å². The molecule has 0 unspecified atom stereocenters. The first-order valence-corrected chi connectivity index (χ1v) is 13.4. The number of nitrogens with one attached hydrogen (secondary N) is 1. The van der Waals surface area contributed by atoms with Crippen LogP contribution in [0, 0.1) is 5.92 Å². The van der Waals surface area contributed by atoms with Crippen molar-refractivity contribution in [1.82, 2.24) is 4.98 Å². The predicted molar refractivity (Wildman–Crippen MR) is 141 cm³/mol. The maximum Gasteiger partial charge on any atom is 0.305 e. The molecule has 1 N–H and O–H groups in total. The van der Waals surface area contributed by atoms with E-state index in [-0.39, 0.29) is 16.7 Å². The quantitative estimate of drug-likeness (QED) is 0.344. The maximum atomic E-state index is 13.9. The first-order valence-electron chi connectivity index (χ1n) is 11.3. The molecule has 3 aromatic carbocycles. The number of hydrogen-bond acceptors (Lipinski definition) is 6.